The molecule has 2 N–H and O–H groups in total. The van der Waals surface area contributed by atoms with Crippen LogP contribution in [0, 0.1) is 0 Å². The molecule has 0 radical (unpaired) electrons. The van der Waals surface area contributed by atoms with E-state index in [-0.39, 0.29) is 0 Å². The fraction of sp³-hybridized carbons (Fsp3) is 0.308. The van der Waals surface area contributed by atoms with Crippen LogP contribution in [-0.4, -0.2) is 33.3 Å². The van der Waals surface area contributed by atoms with E-state index in [2.05, 4.69) is 83.4 Å². The van der Waals surface area contributed by atoms with Gasteiger partial charge in [0.05, 0.1) is 7.11 Å². The minimum absolute atomic E-state index is 0.438. The molecule has 0 saturated heterocycles. The Morgan fingerprint density at radius 3 is 1.76 bits per heavy atom. The molecule has 0 atom stereocenters. The summed E-state index contributed by atoms with van der Waals surface area (Å²) in [6.45, 7) is 3.97. The molecule has 3 aromatic carbocycles. The number of ether oxygens (including phenoxy) is 1. The third-order valence-electron chi connectivity index (χ3n) is 5.24. The maximum Gasteiger partial charge on any atom is 0.118 e. The predicted molar refractivity (Wildman–Crippen MR) is 122 cm³/mol. The first-order valence-electron chi connectivity index (χ1n) is 10.5. The molecule has 0 spiro atoms. The zero-order valence-electron chi connectivity index (χ0n) is 17.3. The molecule has 0 amide bonds. The van der Waals surface area contributed by atoms with Gasteiger partial charge in [-0.25, -0.2) is 0 Å². The van der Waals surface area contributed by atoms with E-state index in [0.29, 0.717) is 5.92 Å². The van der Waals surface area contributed by atoms with E-state index in [1.165, 1.54) is 16.7 Å². The van der Waals surface area contributed by atoms with Crippen LogP contribution in [0.5, 0.6) is 5.75 Å². The normalized spacial score (nSPS) is 11.0. The van der Waals surface area contributed by atoms with Crippen molar-refractivity contribution in [3.05, 3.63) is 102 Å². The fourth-order valence-corrected chi connectivity index (χ4v) is 3.59. The summed E-state index contributed by atoms with van der Waals surface area (Å²) < 4.78 is 5.20. The number of rotatable bonds is 12. The van der Waals surface area contributed by atoms with Gasteiger partial charge in [-0.15, -0.1) is 0 Å². The molecule has 3 aromatic rings. The van der Waals surface area contributed by atoms with Crippen molar-refractivity contribution in [2.45, 2.75) is 18.8 Å². The highest BCUT2D eigenvalue weighted by atomic mass is 16.5. The topological polar surface area (TPSA) is 33.3 Å². The second-order valence-electron chi connectivity index (χ2n) is 7.26. The van der Waals surface area contributed by atoms with Crippen LogP contribution in [0.1, 0.15) is 29.0 Å². The Kier molecular flexibility index (Phi) is 8.77. The van der Waals surface area contributed by atoms with Crippen LogP contribution in [0.2, 0.25) is 0 Å². The van der Waals surface area contributed by atoms with Gasteiger partial charge in [-0.2, -0.15) is 0 Å². The summed E-state index contributed by atoms with van der Waals surface area (Å²) in [5, 5.41) is 7.11. The van der Waals surface area contributed by atoms with Crippen molar-refractivity contribution in [1.29, 1.82) is 0 Å². The van der Waals surface area contributed by atoms with Gasteiger partial charge in [0.1, 0.15) is 5.75 Å². The first-order chi connectivity index (χ1) is 14.4. The first-order valence-corrected chi connectivity index (χ1v) is 10.5. The Hall–Kier alpha value is -2.62. The Morgan fingerprint density at radius 2 is 1.21 bits per heavy atom. The Bertz CT molecular complexity index is 764. The highest BCUT2D eigenvalue weighted by Crippen LogP contribution is 2.27. The van der Waals surface area contributed by atoms with Gasteiger partial charge in [-0.3, -0.25) is 0 Å². The van der Waals surface area contributed by atoms with E-state index >= 15 is 0 Å². The van der Waals surface area contributed by atoms with E-state index in [9.17, 15) is 0 Å². The van der Waals surface area contributed by atoms with Crippen molar-refractivity contribution in [1.82, 2.24) is 10.6 Å². The van der Waals surface area contributed by atoms with Crippen LogP contribution in [0.3, 0.4) is 0 Å². The minimum Gasteiger partial charge on any atom is -0.497 e. The molecule has 3 heteroatoms. The van der Waals surface area contributed by atoms with Crippen molar-refractivity contribution in [3.8, 4) is 5.75 Å². The molecule has 3 rings (SSSR count). The number of benzene rings is 3. The van der Waals surface area contributed by atoms with Crippen LogP contribution in [0.25, 0.3) is 0 Å². The lowest BCUT2D eigenvalue weighted by Crippen LogP contribution is -2.29. The maximum absolute atomic E-state index is 5.20. The monoisotopic (exact) mass is 388 g/mol. The average molecular weight is 389 g/mol. The van der Waals surface area contributed by atoms with Crippen LogP contribution in [0.4, 0.5) is 0 Å². The van der Waals surface area contributed by atoms with Crippen molar-refractivity contribution in [2.24, 2.45) is 0 Å². The summed E-state index contributed by atoms with van der Waals surface area (Å²) in [4.78, 5) is 0. The SMILES string of the molecule is COc1ccc(CCNCCNCCC(c2ccccc2)c2ccccc2)cc1. The lowest BCUT2D eigenvalue weighted by Gasteiger charge is -2.18. The second-order valence-corrected chi connectivity index (χ2v) is 7.26. The van der Waals surface area contributed by atoms with Gasteiger partial charge < -0.3 is 15.4 Å². The average Bonchev–Trinajstić information content (AvgIpc) is 2.79. The molecule has 0 bridgehead atoms. The highest BCUT2D eigenvalue weighted by Gasteiger charge is 2.13. The van der Waals surface area contributed by atoms with Gasteiger partial charge in [0.25, 0.3) is 0 Å². The third kappa shape index (κ3) is 7.04. The predicted octanol–water partition coefficient (Wildman–Crippen LogP) is 4.64. The van der Waals surface area contributed by atoms with Gasteiger partial charge in [-0.05, 0) is 54.8 Å². The van der Waals surface area contributed by atoms with E-state index in [4.69, 9.17) is 4.74 Å². The lowest BCUT2D eigenvalue weighted by molar-refractivity contribution is 0.414. The zero-order chi connectivity index (χ0) is 20.2. The zero-order valence-corrected chi connectivity index (χ0v) is 17.3. The van der Waals surface area contributed by atoms with Gasteiger partial charge >= 0.3 is 0 Å². The van der Waals surface area contributed by atoms with Crippen LogP contribution < -0.4 is 15.4 Å². The largest absolute Gasteiger partial charge is 0.497 e. The van der Waals surface area contributed by atoms with E-state index in [1.54, 1.807) is 7.11 Å². The molecule has 0 aliphatic carbocycles. The standard InChI is InChI=1S/C26H32N2O/c1-29-25-14-12-22(13-15-25)16-18-27-20-21-28-19-17-26(23-8-4-2-5-9-23)24-10-6-3-7-11-24/h2-15,26-28H,16-21H2,1H3. The second kappa shape index (κ2) is 12.1. The number of methoxy groups -OCH3 is 1. The molecule has 0 fully saturated rings. The fourth-order valence-electron chi connectivity index (χ4n) is 3.59. The summed E-state index contributed by atoms with van der Waals surface area (Å²) in [5.41, 5.74) is 4.11. The van der Waals surface area contributed by atoms with Crippen LogP contribution >= 0.6 is 0 Å². The molecule has 152 valence electrons. The molecule has 0 aromatic heterocycles. The van der Waals surface area contributed by atoms with Crippen molar-refractivity contribution < 1.29 is 4.74 Å². The Balaban J connectivity index is 1.35. The molecule has 0 saturated carbocycles. The highest BCUT2D eigenvalue weighted by molar-refractivity contribution is 5.32. The number of nitrogens with one attached hydrogen (secondary N) is 2. The molecular formula is C26H32N2O. The van der Waals surface area contributed by atoms with Crippen molar-refractivity contribution in [2.75, 3.05) is 33.3 Å². The van der Waals surface area contributed by atoms with Crippen molar-refractivity contribution in [3.63, 3.8) is 0 Å². The first kappa shape index (κ1) is 21.1. The molecule has 0 heterocycles. The summed E-state index contributed by atoms with van der Waals surface area (Å²) in [6, 6.07) is 29.9. The van der Waals surface area contributed by atoms with Gasteiger partial charge in [0, 0.05) is 19.0 Å². The Labute approximate surface area is 175 Å². The summed E-state index contributed by atoms with van der Waals surface area (Å²) in [6.07, 6.45) is 2.13. The van der Waals surface area contributed by atoms with E-state index in [0.717, 1.165) is 44.8 Å². The molecule has 29 heavy (non-hydrogen) atoms. The Morgan fingerprint density at radius 1 is 0.655 bits per heavy atom. The third-order valence-corrected chi connectivity index (χ3v) is 5.24. The van der Waals surface area contributed by atoms with E-state index in [1.807, 2.05) is 12.1 Å². The molecular weight excluding hydrogens is 356 g/mol. The molecule has 0 unspecified atom stereocenters. The summed E-state index contributed by atoms with van der Waals surface area (Å²) >= 11 is 0. The van der Waals surface area contributed by atoms with Gasteiger partial charge in [0.15, 0.2) is 0 Å². The van der Waals surface area contributed by atoms with Gasteiger partial charge in [-0.1, -0.05) is 72.8 Å². The van der Waals surface area contributed by atoms with Crippen LogP contribution in [-0.2, 0) is 6.42 Å². The van der Waals surface area contributed by atoms with E-state index < -0.39 is 0 Å². The molecule has 0 aliphatic rings. The smallest absolute Gasteiger partial charge is 0.118 e. The van der Waals surface area contributed by atoms with Crippen molar-refractivity contribution >= 4 is 0 Å². The molecule has 3 nitrogen and oxygen atoms in total. The minimum atomic E-state index is 0.438. The number of hydrogen-bond donors (Lipinski definition) is 2. The molecule has 0 aliphatic heterocycles. The summed E-state index contributed by atoms with van der Waals surface area (Å²) in [5.74, 6) is 1.35. The summed E-state index contributed by atoms with van der Waals surface area (Å²) in [7, 11) is 1.70. The lowest BCUT2D eigenvalue weighted by atomic mass is 9.88. The van der Waals surface area contributed by atoms with Crippen LogP contribution in [0.15, 0.2) is 84.9 Å². The number of hydrogen-bond acceptors (Lipinski definition) is 3. The maximum atomic E-state index is 5.20. The van der Waals surface area contributed by atoms with Gasteiger partial charge in [0.2, 0.25) is 0 Å². The quantitative estimate of drug-likeness (QED) is 0.444.